The van der Waals surface area contributed by atoms with E-state index in [4.69, 9.17) is 18.3 Å². The van der Waals surface area contributed by atoms with Crippen molar-refractivity contribution in [1.29, 1.82) is 0 Å². The minimum absolute atomic E-state index is 0.0730. The second-order valence-corrected chi connectivity index (χ2v) is 13.0. The number of ether oxygens (including phenoxy) is 2. The highest BCUT2D eigenvalue weighted by Crippen LogP contribution is 2.44. The summed E-state index contributed by atoms with van der Waals surface area (Å²) in [6.07, 6.45) is 1.08. The number of furan rings is 1. The Kier molecular flexibility index (Phi) is 7.63. The van der Waals surface area contributed by atoms with E-state index in [1.165, 1.54) is 48.8 Å². The number of amides is 1. The van der Waals surface area contributed by atoms with Gasteiger partial charge in [-0.3, -0.25) is 9.10 Å². The number of carbonyl (C=O) groups excluding carboxylic acids is 1. The summed E-state index contributed by atoms with van der Waals surface area (Å²) in [5.41, 5.74) is 1.77. The first-order chi connectivity index (χ1) is 23.0. The quantitative estimate of drug-likeness (QED) is 0.193. The van der Waals surface area contributed by atoms with Crippen molar-refractivity contribution in [3.8, 4) is 39.7 Å². The molecule has 7 rings (SSSR count). The first kappa shape index (κ1) is 31.3. The van der Waals surface area contributed by atoms with E-state index >= 15 is 0 Å². The van der Waals surface area contributed by atoms with E-state index in [0.29, 0.717) is 28.1 Å². The molecule has 14 heteroatoms. The highest BCUT2D eigenvalue weighted by atomic mass is 32.2. The predicted molar refractivity (Wildman–Crippen MR) is 172 cm³/mol. The number of halogens is 3. The van der Waals surface area contributed by atoms with E-state index < -0.39 is 39.4 Å². The highest BCUT2D eigenvalue weighted by Gasteiger charge is 2.36. The Morgan fingerprint density at radius 2 is 1.65 bits per heavy atom. The van der Waals surface area contributed by atoms with Crippen LogP contribution in [-0.2, 0) is 14.8 Å². The number of nitrogens with zero attached hydrogens (tertiary/aromatic N) is 2. The monoisotopic (exact) mass is 677 g/mol. The standard InChI is InChI=1S/C34H26F3N3O7S/c1-38-33(41)30-23-13-22(18-6-9-27(44-2)24(10-18)34-39-31-25(37)11-20(36)12-29(31)47-34)26(40(48(3,42)43)21-15-45-16-21)14-28(23)46-32(30)17-4-7-19(35)8-5-17/h4-14,21H,15-16H2,1-3H3,(H,38,41). The van der Waals surface area contributed by atoms with Crippen LogP contribution in [0.15, 0.2) is 75.6 Å². The van der Waals surface area contributed by atoms with Crippen LogP contribution >= 0.6 is 0 Å². The number of sulfonamides is 1. The van der Waals surface area contributed by atoms with Gasteiger partial charge in [0.25, 0.3) is 5.91 Å². The van der Waals surface area contributed by atoms with E-state index in [2.05, 4.69) is 10.3 Å². The molecular weight excluding hydrogens is 651 g/mol. The van der Waals surface area contributed by atoms with Gasteiger partial charge in [0.15, 0.2) is 11.4 Å². The van der Waals surface area contributed by atoms with Gasteiger partial charge < -0.3 is 23.6 Å². The molecule has 4 aromatic carbocycles. The number of hydrogen-bond donors (Lipinski definition) is 1. The summed E-state index contributed by atoms with van der Waals surface area (Å²) in [7, 11) is -1.03. The van der Waals surface area contributed by atoms with Crippen LogP contribution in [0.5, 0.6) is 5.75 Å². The van der Waals surface area contributed by atoms with Crippen molar-refractivity contribution in [3.05, 3.63) is 89.7 Å². The molecule has 10 nitrogen and oxygen atoms in total. The van der Waals surface area contributed by atoms with Gasteiger partial charge in [-0.1, -0.05) is 6.07 Å². The van der Waals surface area contributed by atoms with Gasteiger partial charge in [0.2, 0.25) is 15.9 Å². The number of rotatable bonds is 8. The van der Waals surface area contributed by atoms with Gasteiger partial charge in [0.1, 0.15) is 34.2 Å². The van der Waals surface area contributed by atoms with E-state index in [0.717, 1.165) is 12.3 Å². The molecule has 0 saturated carbocycles. The van der Waals surface area contributed by atoms with Crippen molar-refractivity contribution in [2.24, 2.45) is 0 Å². The number of anilines is 1. The second kappa shape index (κ2) is 11.7. The third-order valence-electron chi connectivity index (χ3n) is 8.07. The normalized spacial score (nSPS) is 13.5. The van der Waals surface area contributed by atoms with Crippen molar-refractivity contribution in [3.63, 3.8) is 0 Å². The summed E-state index contributed by atoms with van der Waals surface area (Å²) in [5.74, 6) is -2.35. The van der Waals surface area contributed by atoms with Crippen molar-refractivity contribution >= 4 is 43.7 Å². The van der Waals surface area contributed by atoms with Crippen LogP contribution in [0.4, 0.5) is 18.9 Å². The summed E-state index contributed by atoms with van der Waals surface area (Å²) in [5, 5.41) is 2.96. The summed E-state index contributed by atoms with van der Waals surface area (Å²) >= 11 is 0. The Morgan fingerprint density at radius 1 is 0.917 bits per heavy atom. The SMILES string of the molecule is CNC(=O)c1c(-c2ccc(F)cc2)oc2cc(N(C3COC3)S(C)(=O)=O)c(-c3ccc(OC)c(-c4nc5c(F)cc(F)cc5o4)c3)cc12. The Morgan fingerprint density at radius 3 is 2.29 bits per heavy atom. The molecule has 0 aliphatic carbocycles. The van der Waals surface area contributed by atoms with Crippen molar-refractivity contribution in [2.45, 2.75) is 6.04 Å². The van der Waals surface area contributed by atoms with Crippen LogP contribution in [0.1, 0.15) is 10.4 Å². The van der Waals surface area contributed by atoms with Crippen LogP contribution in [0.2, 0.25) is 0 Å². The molecular formula is C34H26F3N3O7S. The first-order valence-electron chi connectivity index (χ1n) is 14.6. The smallest absolute Gasteiger partial charge is 0.255 e. The number of fused-ring (bicyclic) bond motifs is 2. The number of carbonyl (C=O) groups is 1. The molecule has 1 aliphatic rings. The maximum absolute atomic E-state index is 14.6. The molecule has 1 aliphatic heterocycles. The molecule has 1 saturated heterocycles. The van der Waals surface area contributed by atoms with Crippen LogP contribution in [0.3, 0.4) is 0 Å². The molecule has 0 radical (unpaired) electrons. The molecule has 1 fully saturated rings. The van der Waals surface area contributed by atoms with Crippen molar-refractivity contribution in [1.82, 2.24) is 10.3 Å². The van der Waals surface area contributed by atoms with Gasteiger partial charge in [0.05, 0.1) is 49.4 Å². The minimum Gasteiger partial charge on any atom is -0.496 e. The van der Waals surface area contributed by atoms with Gasteiger partial charge in [0, 0.05) is 41.8 Å². The first-order valence-corrected chi connectivity index (χ1v) is 16.4. The van der Waals surface area contributed by atoms with Crippen LogP contribution in [-0.4, -0.2) is 59.0 Å². The molecule has 0 unspecified atom stereocenters. The lowest BCUT2D eigenvalue weighted by molar-refractivity contribution is 0.0146. The average molecular weight is 678 g/mol. The Hall–Kier alpha value is -5.34. The maximum atomic E-state index is 14.6. The van der Waals surface area contributed by atoms with Gasteiger partial charge in [-0.05, 0) is 48.0 Å². The molecule has 1 amide bonds. The molecule has 1 N–H and O–H groups in total. The zero-order chi connectivity index (χ0) is 33.9. The lowest BCUT2D eigenvalue weighted by Gasteiger charge is -2.38. The minimum atomic E-state index is -3.90. The van der Waals surface area contributed by atoms with Gasteiger partial charge in [-0.15, -0.1) is 0 Å². The van der Waals surface area contributed by atoms with Gasteiger partial charge in [-0.2, -0.15) is 0 Å². The maximum Gasteiger partial charge on any atom is 0.255 e. The lowest BCUT2D eigenvalue weighted by Crippen LogP contribution is -2.51. The zero-order valence-corrected chi connectivity index (χ0v) is 26.5. The fraction of sp³-hybridized carbons (Fsp3) is 0.176. The Bertz CT molecular complexity index is 2350. The highest BCUT2D eigenvalue weighted by molar-refractivity contribution is 7.92. The fourth-order valence-electron chi connectivity index (χ4n) is 5.82. The second-order valence-electron chi connectivity index (χ2n) is 11.2. The van der Waals surface area contributed by atoms with E-state index in [1.54, 1.807) is 24.3 Å². The third-order valence-corrected chi connectivity index (χ3v) is 9.28. The summed E-state index contributed by atoms with van der Waals surface area (Å²) in [6.45, 7) is 0.290. The van der Waals surface area contributed by atoms with E-state index in [9.17, 15) is 26.4 Å². The number of benzene rings is 4. The third kappa shape index (κ3) is 5.32. The molecule has 3 heterocycles. The van der Waals surface area contributed by atoms with E-state index in [-0.39, 0.29) is 64.1 Å². The predicted octanol–water partition coefficient (Wildman–Crippen LogP) is 6.53. The molecule has 6 aromatic rings. The Labute approximate surface area is 271 Å². The Balaban J connectivity index is 1.52. The number of oxazole rings is 1. The van der Waals surface area contributed by atoms with Crippen LogP contribution in [0.25, 0.3) is 56.0 Å². The number of hydrogen-bond acceptors (Lipinski definition) is 8. The molecule has 2 aromatic heterocycles. The molecule has 0 spiro atoms. The van der Waals surface area contributed by atoms with Crippen molar-refractivity contribution in [2.75, 3.05) is 37.9 Å². The summed E-state index contributed by atoms with van der Waals surface area (Å²) < 4.78 is 93.1. The lowest BCUT2D eigenvalue weighted by atomic mass is 9.96. The zero-order valence-electron chi connectivity index (χ0n) is 25.6. The molecule has 0 bridgehead atoms. The molecule has 246 valence electrons. The van der Waals surface area contributed by atoms with Gasteiger partial charge >= 0.3 is 0 Å². The summed E-state index contributed by atoms with van der Waals surface area (Å²) in [4.78, 5) is 17.6. The molecule has 0 atom stereocenters. The van der Waals surface area contributed by atoms with Crippen LogP contribution in [0, 0.1) is 17.5 Å². The number of methoxy groups -OCH3 is 1. The largest absolute Gasteiger partial charge is 0.496 e. The average Bonchev–Trinajstić information content (AvgIpc) is 3.63. The van der Waals surface area contributed by atoms with E-state index in [1.807, 2.05) is 0 Å². The van der Waals surface area contributed by atoms with Crippen molar-refractivity contribution < 1.29 is 44.7 Å². The number of aromatic nitrogens is 1. The summed E-state index contributed by atoms with van der Waals surface area (Å²) in [6, 6.07) is 14.6. The topological polar surface area (TPSA) is 124 Å². The number of nitrogens with one attached hydrogen (secondary N) is 1. The van der Waals surface area contributed by atoms with Crippen LogP contribution < -0.4 is 14.4 Å². The fourth-order valence-corrected chi connectivity index (χ4v) is 6.99. The molecule has 48 heavy (non-hydrogen) atoms. The van der Waals surface area contributed by atoms with Gasteiger partial charge in [-0.25, -0.2) is 26.6 Å².